The first-order chi connectivity index (χ1) is 16.2. The number of nitrogens with one attached hydrogen (secondary N) is 1. The molecule has 2 heterocycles. The van der Waals surface area contributed by atoms with Crippen LogP contribution in [0.25, 0.3) is 0 Å². The zero-order valence-electron chi connectivity index (χ0n) is 18.5. The smallest absolute Gasteiger partial charge is 0.497 e. The molecule has 0 spiro atoms. The van der Waals surface area contributed by atoms with E-state index in [-0.39, 0.29) is 6.54 Å². The van der Waals surface area contributed by atoms with Crippen LogP contribution in [0.1, 0.15) is 23.2 Å². The maximum Gasteiger partial charge on any atom is 0.511 e. The minimum absolute atomic E-state index is 0.306. The van der Waals surface area contributed by atoms with E-state index in [1.165, 1.54) is 13.4 Å². The topological polar surface area (TPSA) is 78.5 Å². The van der Waals surface area contributed by atoms with E-state index >= 15 is 0 Å². The fourth-order valence-corrected chi connectivity index (χ4v) is 5.17. The maximum atomic E-state index is 13.6. The molecule has 182 valence electrons. The first kappa shape index (κ1) is 24.1. The van der Waals surface area contributed by atoms with Crippen molar-refractivity contribution in [2.24, 2.45) is 0 Å². The molecule has 1 aliphatic heterocycles. The van der Waals surface area contributed by atoms with Crippen molar-refractivity contribution in [2.75, 3.05) is 18.6 Å². The lowest BCUT2D eigenvalue weighted by molar-refractivity contribution is -0.0492. The molecule has 0 saturated carbocycles. The zero-order chi connectivity index (χ0) is 24.3. The molecule has 2 aromatic carbocycles. The van der Waals surface area contributed by atoms with Gasteiger partial charge in [0.2, 0.25) is 0 Å². The summed E-state index contributed by atoms with van der Waals surface area (Å²) >= 11 is 0. The van der Waals surface area contributed by atoms with E-state index in [0.29, 0.717) is 40.7 Å². The Morgan fingerprint density at radius 2 is 1.94 bits per heavy atom. The van der Waals surface area contributed by atoms with E-state index in [0.717, 1.165) is 11.3 Å². The van der Waals surface area contributed by atoms with Crippen LogP contribution >= 0.6 is 0 Å². The molecule has 34 heavy (non-hydrogen) atoms. The van der Waals surface area contributed by atoms with Crippen molar-refractivity contribution >= 4 is 15.7 Å². The molecule has 4 rings (SSSR count). The zero-order valence-corrected chi connectivity index (χ0v) is 19.3. The summed E-state index contributed by atoms with van der Waals surface area (Å²) < 4.78 is 71.5. The summed E-state index contributed by atoms with van der Waals surface area (Å²) in [5.74, 6) is 0.437. The highest BCUT2D eigenvalue weighted by Crippen LogP contribution is 2.37. The minimum atomic E-state index is -5.54. The fraction of sp³-hybridized carbons (Fsp3) is 0.348. The van der Waals surface area contributed by atoms with Crippen molar-refractivity contribution in [3.63, 3.8) is 0 Å². The number of imidazole rings is 1. The third-order valence-corrected chi connectivity index (χ3v) is 7.48. The Hall–Kier alpha value is -3.05. The second-order valence-corrected chi connectivity index (χ2v) is 10.1. The van der Waals surface area contributed by atoms with Gasteiger partial charge in [-0.3, -0.25) is 0 Å². The number of methoxy groups -OCH3 is 1. The number of aromatic nitrogens is 2. The number of sulfonamides is 1. The number of aromatic amines is 1. The number of hydrogen-bond acceptors (Lipinski definition) is 5. The number of rotatable bonds is 7. The van der Waals surface area contributed by atoms with Gasteiger partial charge in [-0.2, -0.15) is 17.5 Å². The third kappa shape index (κ3) is 5.05. The molecular weight excluding hydrogens is 469 g/mol. The van der Waals surface area contributed by atoms with Gasteiger partial charge in [-0.15, -0.1) is 0 Å². The Morgan fingerprint density at radius 3 is 2.59 bits per heavy atom. The van der Waals surface area contributed by atoms with E-state index in [1.54, 1.807) is 24.4 Å². The van der Waals surface area contributed by atoms with E-state index < -0.39 is 28.1 Å². The van der Waals surface area contributed by atoms with Crippen LogP contribution < -0.4 is 9.64 Å². The molecular formula is C23H25F3N4O3S. The molecule has 1 N–H and O–H groups in total. The molecule has 7 nitrogen and oxygen atoms in total. The van der Waals surface area contributed by atoms with Crippen molar-refractivity contribution in [3.8, 4) is 5.75 Å². The highest BCUT2D eigenvalue weighted by atomic mass is 32.2. The first-order valence-electron chi connectivity index (χ1n) is 10.7. The normalized spacial score (nSPS) is 17.3. The van der Waals surface area contributed by atoms with Crippen LogP contribution in [-0.2, 0) is 29.5 Å². The predicted molar refractivity (Wildman–Crippen MR) is 122 cm³/mol. The Labute approximate surface area is 196 Å². The Bertz CT molecular complexity index is 1200. The highest BCUT2D eigenvalue weighted by molar-refractivity contribution is 7.89. The molecule has 0 fully saturated rings. The minimum Gasteiger partial charge on any atom is -0.497 e. The van der Waals surface area contributed by atoms with Crippen molar-refractivity contribution in [1.82, 2.24) is 14.3 Å². The summed E-state index contributed by atoms with van der Waals surface area (Å²) in [5, 5.41) is 0. The van der Waals surface area contributed by atoms with Crippen LogP contribution in [0, 0.1) is 0 Å². The second kappa shape index (κ2) is 9.67. The molecule has 1 atom stereocenters. The molecule has 0 unspecified atom stereocenters. The third-order valence-electron chi connectivity index (χ3n) is 5.93. The van der Waals surface area contributed by atoms with Gasteiger partial charge in [0.15, 0.2) is 0 Å². The summed E-state index contributed by atoms with van der Waals surface area (Å²) in [6.45, 7) is -0.381. The molecule has 0 bridgehead atoms. The summed E-state index contributed by atoms with van der Waals surface area (Å²) in [4.78, 5) is 9.03. The van der Waals surface area contributed by atoms with E-state index in [1.807, 2.05) is 35.2 Å². The number of aryl methyl sites for hydroxylation is 1. The summed E-state index contributed by atoms with van der Waals surface area (Å²) in [6.07, 6.45) is 4.21. The molecule has 0 aliphatic carbocycles. The highest BCUT2D eigenvalue weighted by Gasteiger charge is 2.51. The number of H-pyrrole nitrogens is 1. The van der Waals surface area contributed by atoms with Crippen LogP contribution in [0.5, 0.6) is 5.75 Å². The predicted octanol–water partition coefficient (Wildman–Crippen LogP) is 4.09. The van der Waals surface area contributed by atoms with Gasteiger partial charge in [0.25, 0.3) is 0 Å². The van der Waals surface area contributed by atoms with Crippen LogP contribution in [0.3, 0.4) is 0 Å². The molecule has 11 heteroatoms. The van der Waals surface area contributed by atoms with E-state index in [2.05, 4.69) is 9.97 Å². The lowest BCUT2D eigenvalue weighted by atomic mass is 10.0. The quantitative estimate of drug-likeness (QED) is 0.535. The van der Waals surface area contributed by atoms with Gasteiger partial charge >= 0.3 is 15.5 Å². The second-order valence-electron chi connectivity index (χ2n) is 8.12. The lowest BCUT2D eigenvalue weighted by Gasteiger charge is -2.34. The Kier molecular flexibility index (Phi) is 6.85. The summed E-state index contributed by atoms with van der Waals surface area (Å²) in [6, 6.07) is 14.1. The molecule has 1 aliphatic rings. The van der Waals surface area contributed by atoms with Crippen LogP contribution in [0.2, 0.25) is 0 Å². The van der Waals surface area contributed by atoms with Gasteiger partial charge in [-0.05, 0) is 42.2 Å². The number of nitrogens with zero attached hydrogens (tertiary/aromatic N) is 3. The maximum absolute atomic E-state index is 13.6. The Morgan fingerprint density at radius 1 is 1.18 bits per heavy atom. The lowest BCUT2D eigenvalue weighted by Crippen LogP contribution is -2.47. The molecule has 0 amide bonds. The standard InChI is InChI=1S/C23H25F3N4O3S/c1-33-21-9-10-22-18(11-21)13-29(34(31,32)23(24,25)26)15-20(8-7-17-5-3-2-4-6-17)30(22)14-19-12-27-16-28-19/h2-6,9-12,16,20H,7-8,13-15H2,1H3,(H,27,28)/t20-/m1/s1. The van der Waals surface area contributed by atoms with Gasteiger partial charge in [0.05, 0.1) is 25.7 Å². The number of benzene rings is 2. The summed E-state index contributed by atoms with van der Waals surface area (Å²) in [7, 11) is -4.09. The van der Waals surface area contributed by atoms with Gasteiger partial charge < -0.3 is 14.6 Å². The van der Waals surface area contributed by atoms with Crippen molar-refractivity contribution in [1.29, 1.82) is 0 Å². The van der Waals surface area contributed by atoms with Crippen LogP contribution in [0.15, 0.2) is 61.1 Å². The van der Waals surface area contributed by atoms with Crippen LogP contribution in [-0.4, -0.2) is 47.9 Å². The molecule has 3 aromatic rings. The van der Waals surface area contributed by atoms with Crippen LogP contribution in [0.4, 0.5) is 18.9 Å². The Balaban J connectivity index is 1.77. The first-order valence-corrected chi connectivity index (χ1v) is 12.1. The largest absolute Gasteiger partial charge is 0.511 e. The van der Waals surface area contributed by atoms with Crippen molar-refractivity contribution in [2.45, 2.75) is 37.5 Å². The van der Waals surface area contributed by atoms with Crippen molar-refractivity contribution < 1.29 is 26.3 Å². The average molecular weight is 495 g/mol. The van der Waals surface area contributed by atoms with E-state index in [4.69, 9.17) is 4.74 Å². The number of anilines is 1. The number of alkyl halides is 3. The molecule has 0 saturated heterocycles. The van der Waals surface area contributed by atoms with Gasteiger partial charge in [0.1, 0.15) is 5.75 Å². The SMILES string of the molecule is COc1ccc2c(c1)CN(S(=O)(=O)C(F)(F)F)C[C@@H](CCc1ccccc1)N2Cc1cnc[nH]1. The molecule has 1 aromatic heterocycles. The van der Waals surface area contributed by atoms with Gasteiger partial charge in [-0.25, -0.2) is 13.4 Å². The van der Waals surface area contributed by atoms with E-state index in [9.17, 15) is 21.6 Å². The van der Waals surface area contributed by atoms with Gasteiger partial charge in [-0.1, -0.05) is 30.3 Å². The van der Waals surface area contributed by atoms with Gasteiger partial charge in [0, 0.05) is 31.0 Å². The fourth-order valence-electron chi connectivity index (χ4n) is 4.20. The number of hydrogen-bond donors (Lipinski definition) is 1. The number of fused-ring (bicyclic) bond motifs is 1. The molecule has 0 radical (unpaired) electrons. The summed E-state index contributed by atoms with van der Waals surface area (Å²) in [5.41, 5.74) is -2.51. The van der Waals surface area contributed by atoms with Crippen molar-refractivity contribution in [3.05, 3.63) is 77.9 Å². The monoisotopic (exact) mass is 494 g/mol. The number of halogens is 3. The number of ether oxygens (including phenoxy) is 1. The average Bonchev–Trinajstić information content (AvgIpc) is 3.27.